The molecule has 0 aliphatic rings. The first-order valence-electron chi connectivity index (χ1n) is 7.09. The van der Waals surface area contributed by atoms with Crippen molar-refractivity contribution >= 4 is 5.82 Å². The number of nitrogens with zero attached hydrogens (tertiary/aromatic N) is 2. The summed E-state index contributed by atoms with van der Waals surface area (Å²) >= 11 is 0. The number of aromatic nitrogens is 2. The van der Waals surface area contributed by atoms with Gasteiger partial charge in [-0.2, -0.15) is 0 Å². The molecule has 0 saturated carbocycles. The molecular formula is C16H19F2N3. The largest absolute Gasteiger partial charge is 0.370 e. The minimum Gasteiger partial charge on any atom is -0.370 e. The summed E-state index contributed by atoms with van der Waals surface area (Å²) in [6, 6.07) is 5.55. The van der Waals surface area contributed by atoms with E-state index in [0.717, 1.165) is 25.1 Å². The van der Waals surface area contributed by atoms with Gasteiger partial charge in [-0.15, -0.1) is 0 Å². The molecule has 5 heteroatoms. The minimum absolute atomic E-state index is 0.150. The van der Waals surface area contributed by atoms with Crippen LogP contribution in [0.2, 0.25) is 0 Å². The average molecular weight is 291 g/mol. The lowest BCUT2D eigenvalue weighted by molar-refractivity contribution is 0.509. The van der Waals surface area contributed by atoms with Crippen molar-refractivity contribution in [3.8, 4) is 11.3 Å². The third-order valence-corrected chi connectivity index (χ3v) is 3.03. The highest BCUT2D eigenvalue weighted by molar-refractivity contribution is 5.62. The molecule has 1 heterocycles. The second kappa shape index (κ2) is 6.61. The molecule has 21 heavy (non-hydrogen) atoms. The van der Waals surface area contributed by atoms with Crippen LogP contribution in [-0.2, 0) is 0 Å². The van der Waals surface area contributed by atoms with Gasteiger partial charge in [-0.3, -0.25) is 0 Å². The molecule has 1 N–H and O–H groups in total. The Morgan fingerprint density at radius 1 is 1.10 bits per heavy atom. The zero-order valence-electron chi connectivity index (χ0n) is 12.5. The number of benzene rings is 1. The van der Waals surface area contributed by atoms with E-state index in [1.807, 2.05) is 13.8 Å². The van der Waals surface area contributed by atoms with Crippen LogP contribution in [0, 0.1) is 11.6 Å². The summed E-state index contributed by atoms with van der Waals surface area (Å²) < 4.78 is 26.4. The molecule has 1 aromatic carbocycles. The third-order valence-electron chi connectivity index (χ3n) is 3.03. The van der Waals surface area contributed by atoms with Gasteiger partial charge in [0.15, 0.2) is 11.6 Å². The summed E-state index contributed by atoms with van der Waals surface area (Å²) in [7, 11) is 0. The standard InChI is InChI=1S/C16H19F2N3/c1-4-7-19-15-9-14(20-16(21-15)10(2)3)11-5-6-12(17)13(18)8-11/h5-6,8-10H,4,7H2,1-3H3,(H,19,20,21). The molecule has 0 fully saturated rings. The molecule has 112 valence electrons. The van der Waals surface area contributed by atoms with Gasteiger partial charge >= 0.3 is 0 Å². The molecule has 2 rings (SSSR count). The highest BCUT2D eigenvalue weighted by Crippen LogP contribution is 2.24. The van der Waals surface area contributed by atoms with E-state index in [9.17, 15) is 8.78 Å². The average Bonchev–Trinajstić information content (AvgIpc) is 2.47. The van der Waals surface area contributed by atoms with Gasteiger partial charge in [0, 0.05) is 24.1 Å². The van der Waals surface area contributed by atoms with Gasteiger partial charge in [0.2, 0.25) is 0 Å². The van der Waals surface area contributed by atoms with Gasteiger partial charge < -0.3 is 5.32 Å². The summed E-state index contributed by atoms with van der Waals surface area (Å²) in [6.45, 7) is 6.85. The van der Waals surface area contributed by atoms with Crippen molar-refractivity contribution in [1.29, 1.82) is 0 Å². The molecule has 0 bridgehead atoms. The molecule has 0 saturated heterocycles. The highest BCUT2D eigenvalue weighted by Gasteiger charge is 2.11. The van der Waals surface area contributed by atoms with Crippen molar-refractivity contribution in [3.05, 3.63) is 41.7 Å². The molecule has 0 atom stereocenters. The zero-order chi connectivity index (χ0) is 15.4. The SMILES string of the molecule is CCCNc1cc(-c2ccc(F)c(F)c2)nc(C(C)C)n1. The van der Waals surface area contributed by atoms with Crippen molar-refractivity contribution in [1.82, 2.24) is 9.97 Å². The molecule has 0 unspecified atom stereocenters. The Kier molecular flexibility index (Phi) is 4.83. The number of hydrogen-bond donors (Lipinski definition) is 1. The summed E-state index contributed by atoms with van der Waals surface area (Å²) in [6.07, 6.45) is 0.974. The van der Waals surface area contributed by atoms with Crippen LogP contribution in [0.1, 0.15) is 38.9 Å². The first-order chi connectivity index (χ1) is 10.0. The van der Waals surface area contributed by atoms with Gasteiger partial charge in [-0.25, -0.2) is 18.7 Å². The number of anilines is 1. The maximum atomic E-state index is 13.4. The Labute approximate surface area is 123 Å². The number of hydrogen-bond acceptors (Lipinski definition) is 3. The lowest BCUT2D eigenvalue weighted by atomic mass is 10.1. The van der Waals surface area contributed by atoms with Gasteiger partial charge in [-0.05, 0) is 24.6 Å². The number of halogens is 2. The lowest BCUT2D eigenvalue weighted by Crippen LogP contribution is -2.07. The highest BCUT2D eigenvalue weighted by atomic mass is 19.2. The molecule has 3 nitrogen and oxygen atoms in total. The fourth-order valence-electron chi connectivity index (χ4n) is 1.87. The van der Waals surface area contributed by atoms with Crippen molar-refractivity contribution < 1.29 is 8.78 Å². The van der Waals surface area contributed by atoms with Crippen molar-refractivity contribution in [2.75, 3.05) is 11.9 Å². The molecule has 1 aromatic heterocycles. The van der Waals surface area contributed by atoms with E-state index in [1.54, 1.807) is 6.07 Å². The van der Waals surface area contributed by atoms with E-state index in [1.165, 1.54) is 6.07 Å². The van der Waals surface area contributed by atoms with E-state index in [4.69, 9.17) is 0 Å². The van der Waals surface area contributed by atoms with E-state index >= 15 is 0 Å². The second-order valence-electron chi connectivity index (χ2n) is 5.21. The van der Waals surface area contributed by atoms with E-state index < -0.39 is 11.6 Å². The van der Waals surface area contributed by atoms with E-state index in [0.29, 0.717) is 22.9 Å². The van der Waals surface area contributed by atoms with Crippen LogP contribution in [0.15, 0.2) is 24.3 Å². The Bertz CT molecular complexity index is 627. The third kappa shape index (κ3) is 3.74. The van der Waals surface area contributed by atoms with Crippen LogP contribution < -0.4 is 5.32 Å². The summed E-state index contributed by atoms with van der Waals surface area (Å²) in [5, 5.41) is 3.21. The molecule has 0 aliphatic heterocycles. The van der Waals surface area contributed by atoms with Gasteiger partial charge in [0.1, 0.15) is 11.6 Å². The molecule has 0 radical (unpaired) electrons. The maximum Gasteiger partial charge on any atom is 0.159 e. The Morgan fingerprint density at radius 3 is 2.48 bits per heavy atom. The molecule has 0 aliphatic carbocycles. The first kappa shape index (κ1) is 15.4. The monoisotopic (exact) mass is 291 g/mol. The van der Waals surface area contributed by atoms with Crippen LogP contribution in [0.4, 0.5) is 14.6 Å². The van der Waals surface area contributed by atoms with Crippen molar-refractivity contribution in [2.45, 2.75) is 33.1 Å². The van der Waals surface area contributed by atoms with Gasteiger partial charge in [0.05, 0.1) is 5.69 Å². The zero-order valence-corrected chi connectivity index (χ0v) is 12.5. The van der Waals surface area contributed by atoms with Crippen molar-refractivity contribution in [3.63, 3.8) is 0 Å². The predicted octanol–water partition coefficient (Wildman–Crippen LogP) is 4.37. The number of nitrogens with one attached hydrogen (secondary N) is 1. The van der Waals surface area contributed by atoms with Crippen molar-refractivity contribution in [2.24, 2.45) is 0 Å². The molecule has 0 amide bonds. The summed E-state index contributed by atoms with van der Waals surface area (Å²) in [5.74, 6) is -0.204. The van der Waals surface area contributed by atoms with Gasteiger partial charge in [-0.1, -0.05) is 20.8 Å². The van der Waals surface area contributed by atoms with E-state index in [-0.39, 0.29) is 5.92 Å². The summed E-state index contributed by atoms with van der Waals surface area (Å²) in [4.78, 5) is 8.89. The first-order valence-corrected chi connectivity index (χ1v) is 7.09. The van der Waals surface area contributed by atoms with Crippen LogP contribution in [0.5, 0.6) is 0 Å². The fraction of sp³-hybridized carbons (Fsp3) is 0.375. The smallest absolute Gasteiger partial charge is 0.159 e. The normalized spacial score (nSPS) is 11.0. The predicted molar refractivity (Wildman–Crippen MR) is 80.3 cm³/mol. The van der Waals surface area contributed by atoms with Crippen LogP contribution >= 0.6 is 0 Å². The van der Waals surface area contributed by atoms with E-state index in [2.05, 4.69) is 22.2 Å². The Balaban J connectivity index is 2.45. The van der Waals surface area contributed by atoms with Crippen LogP contribution in [0.3, 0.4) is 0 Å². The van der Waals surface area contributed by atoms with Gasteiger partial charge in [0.25, 0.3) is 0 Å². The Hall–Kier alpha value is -2.04. The summed E-state index contributed by atoms with van der Waals surface area (Å²) in [5.41, 5.74) is 1.13. The maximum absolute atomic E-state index is 13.4. The topological polar surface area (TPSA) is 37.8 Å². The molecular weight excluding hydrogens is 272 g/mol. The second-order valence-corrected chi connectivity index (χ2v) is 5.21. The quantitative estimate of drug-likeness (QED) is 0.889. The Morgan fingerprint density at radius 2 is 1.86 bits per heavy atom. The minimum atomic E-state index is -0.875. The molecule has 0 spiro atoms. The fourth-order valence-corrected chi connectivity index (χ4v) is 1.87. The number of rotatable bonds is 5. The molecule has 2 aromatic rings. The lowest BCUT2D eigenvalue weighted by Gasteiger charge is -2.11. The van der Waals surface area contributed by atoms with Crippen LogP contribution in [0.25, 0.3) is 11.3 Å². The van der Waals surface area contributed by atoms with Crippen LogP contribution in [-0.4, -0.2) is 16.5 Å².